The highest BCUT2D eigenvalue weighted by atomic mass is 19.4. The third kappa shape index (κ3) is 4.18. The molecule has 0 aliphatic heterocycles. The van der Waals surface area contributed by atoms with Crippen LogP contribution in [0.25, 0.3) is 0 Å². The van der Waals surface area contributed by atoms with Crippen molar-refractivity contribution < 1.29 is 37.0 Å². The minimum atomic E-state index is -5.08. The van der Waals surface area contributed by atoms with E-state index in [0.29, 0.717) is 44.8 Å². The van der Waals surface area contributed by atoms with Gasteiger partial charge in [-0.05, 0) is 87.9 Å². The van der Waals surface area contributed by atoms with Crippen LogP contribution in [0.15, 0.2) is 0 Å². The second kappa shape index (κ2) is 9.62. The van der Waals surface area contributed by atoms with Crippen LogP contribution < -0.4 is 0 Å². The van der Waals surface area contributed by atoms with Crippen molar-refractivity contribution in [2.75, 3.05) is 13.2 Å². The second-order valence-electron chi connectivity index (χ2n) is 11.8. The number of ether oxygens (including phenoxy) is 3. The lowest BCUT2D eigenvalue weighted by Crippen LogP contribution is -2.59. The van der Waals surface area contributed by atoms with Gasteiger partial charge in [0.15, 0.2) is 11.9 Å². The summed E-state index contributed by atoms with van der Waals surface area (Å²) < 4.78 is 56.2. The summed E-state index contributed by atoms with van der Waals surface area (Å²) in [5.74, 6) is 1.12. The Labute approximate surface area is 212 Å². The van der Waals surface area contributed by atoms with Gasteiger partial charge in [0.2, 0.25) is 0 Å². The molecule has 4 aliphatic carbocycles. The van der Waals surface area contributed by atoms with E-state index >= 15 is 0 Å². The molecule has 0 spiro atoms. The molecule has 0 aromatic carbocycles. The maximum Gasteiger partial charge on any atom is 0.490 e. The highest BCUT2D eigenvalue weighted by Gasteiger charge is 2.67. The summed E-state index contributed by atoms with van der Waals surface area (Å²) in [7, 11) is 0. The third-order valence-electron chi connectivity index (χ3n) is 10.4. The molecule has 0 N–H and O–H groups in total. The van der Waals surface area contributed by atoms with Crippen molar-refractivity contribution in [3.8, 4) is 12.3 Å². The predicted molar refractivity (Wildman–Crippen MR) is 126 cm³/mol. The van der Waals surface area contributed by atoms with E-state index in [0.717, 1.165) is 19.3 Å². The fraction of sp³-hybridized carbons (Fsp3) is 0.857. The van der Waals surface area contributed by atoms with Gasteiger partial charge in [-0.2, -0.15) is 13.2 Å². The standard InChI is InChI=1S/C28H39F3O5/c1-6-27(36-24(33)28(29,30)31)14-12-21-18-10-9-17-15-22(32)19(23(34-7-2)35-8-3)16-25(17,4)20(18)11-13-26(21,27)5/h1,17-21,23H,7-16H2,2-5H3/t17-,18+,19+,20-,21-,25-,26-,27-/m0/s1. The molecule has 8 atom stereocenters. The minimum absolute atomic E-state index is 0.0665. The van der Waals surface area contributed by atoms with E-state index in [1.165, 1.54) is 0 Å². The average molecular weight is 513 g/mol. The smallest absolute Gasteiger partial charge is 0.439 e. The molecule has 4 rings (SSSR count). The van der Waals surface area contributed by atoms with Crippen LogP contribution >= 0.6 is 0 Å². The minimum Gasteiger partial charge on any atom is -0.439 e. The number of ketones is 1. The largest absolute Gasteiger partial charge is 0.490 e. The third-order valence-corrected chi connectivity index (χ3v) is 10.4. The van der Waals surface area contributed by atoms with Gasteiger partial charge in [-0.3, -0.25) is 4.79 Å². The molecule has 0 amide bonds. The van der Waals surface area contributed by atoms with Crippen molar-refractivity contribution in [2.24, 2.45) is 40.4 Å². The zero-order valence-corrected chi connectivity index (χ0v) is 21.8. The van der Waals surface area contributed by atoms with E-state index in [4.69, 9.17) is 20.6 Å². The quantitative estimate of drug-likeness (QED) is 0.260. The highest BCUT2D eigenvalue weighted by molar-refractivity contribution is 5.82. The molecule has 0 radical (unpaired) electrons. The van der Waals surface area contributed by atoms with E-state index in [2.05, 4.69) is 12.8 Å². The summed E-state index contributed by atoms with van der Waals surface area (Å²) in [6, 6.07) is 0. The Morgan fingerprint density at radius 2 is 1.72 bits per heavy atom. The zero-order valence-electron chi connectivity index (χ0n) is 21.8. The van der Waals surface area contributed by atoms with Crippen LogP contribution in [0, 0.1) is 52.8 Å². The van der Waals surface area contributed by atoms with E-state index in [1.54, 1.807) is 0 Å². The molecule has 0 aromatic rings. The molecule has 8 heteroatoms. The number of fused-ring (bicyclic) bond motifs is 5. The number of esters is 1. The Bertz CT molecular complexity index is 906. The number of terminal acetylenes is 1. The molecule has 0 aromatic heterocycles. The van der Waals surface area contributed by atoms with E-state index in [9.17, 15) is 22.8 Å². The lowest BCUT2D eigenvalue weighted by atomic mass is 9.43. The summed E-state index contributed by atoms with van der Waals surface area (Å²) >= 11 is 0. The van der Waals surface area contributed by atoms with Crippen LogP contribution in [0.2, 0.25) is 0 Å². The summed E-state index contributed by atoms with van der Waals surface area (Å²) in [6.07, 6.45) is 5.46. The van der Waals surface area contributed by atoms with Crippen molar-refractivity contribution >= 4 is 11.8 Å². The van der Waals surface area contributed by atoms with E-state index in [-0.39, 0.29) is 41.3 Å². The average Bonchev–Trinajstić information content (AvgIpc) is 3.11. The van der Waals surface area contributed by atoms with Crippen molar-refractivity contribution in [1.29, 1.82) is 0 Å². The Morgan fingerprint density at radius 3 is 2.31 bits per heavy atom. The van der Waals surface area contributed by atoms with Crippen molar-refractivity contribution in [3.63, 3.8) is 0 Å². The van der Waals surface area contributed by atoms with Gasteiger partial charge in [0.25, 0.3) is 0 Å². The first kappa shape index (κ1) is 27.4. The molecule has 202 valence electrons. The Balaban J connectivity index is 1.61. The lowest BCUT2D eigenvalue weighted by Gasteiger charge is -2.61. The normalized spacial score (nSPS) is 42.3. The first-order valence-electron chi connectivity index (χ1n) is 13.4. The van der Waals surface area contributed by atoms with Gasteiger partial charge in [0.05, 0.1) is 5.92 Å². The Kier molecular flexibility index (Phi) is 7.33. The number of hydrogen-bond donors (Lipinski definition) is 0. The fourth-order valence-electron chi connectivity index (χ4n) is 8.68. The second-order valence-corrected chi connectivity index (χ2v) is 11.8. The highest BCUT2D eigenvalue weighted by Crippen LogP contribution is 2.69. The number of halogens is 3. The summed E-state index contributed by atoms with van der Waals surface area (Å²) in [5, 5.41) is 0. The van der Waals surface area contributed by atoms with Crippen molar-refractivity contribution in [2.45, 2.75) is 97.1 Å². The molecular formula is C28H39F3O5. The van der Waals surface area contributed by atoms with Gasteiger partial charge in [0, 0.05) is 25.0 Å². The molecule has 4 aliphatic rings. The van der Waals surface area contributed by atoms with Crippen molar-refractivity contribution in [3.05, 3.63) is 0 Å². The SMILES string of the molecule is C#C[C@]1(OC(=O)C(F)(F)F)CC[C@H]2[C@@H]3CC[C@H]4CC(=O)[C@H](C(OCC)OCC)C[C@]4(C)[C@H]3CC[C@@]21C. The topological polar surface area (TPSA) is 61.8 Å². The first-order chi connectivity index (χ1) is 16.9. The molecule has 0 bridgehead atoms. The number of hydrogen-bond acceptors (Lipinski definition) is 5. The van der Waals surface area contributed by atoms with Crippen LogP contribution in [0.5, 0.6) is 0 Å². The number of carbonyl (C=O) groups excluding carboxylic acids is 2. The van der Waals surface area contributed by atoms with Gasteiger partial charge in [0.1, 0.15) is 5.78 Å². The summed E-state index contributed by atoms with van der Waals surface area (Å²) in [4.78, 5) is 25.0. The fourth-order valence-corrected chi connectivity index (χ4v) is 8.68. The first-order valence-corrected chi connectivity index (χ1v) is 13.4. The molecule has 4 fully saturated rings. The Morgan fingerprint density at radius 1 is 1.08 bits per heavy atom. The number of Topliss-reactive ketones (excluding diaryl/α,β-unsaturated/α-hetero) is 1. The van der Waals surface area contributed by atoms with Crippen LogP contribution in [0.4, 0.5) is 13.2 Å². The summed E-state index contributed by atoms with van der Waals surface area (Å²) in [5.41, 5.74) is -2.36. The summed E-state index contributed by atoms with van der Waals surface area (Å²) in [6.45, 7) is 8.93. The molecule has 0 unspecified atom stereocenters. The number of alkyl halides is 3. The maximum absolute atomic E-state index is 13.2. The van der Waals surface area contributed by atoms with Gasteiger partial charge in [-0.1, -0.05) is 19.8 Å². The maximum atomic E-state index is 13.2. The van der Waals surface area contributed by atoms with Crippen LogP contribution in [0.3, 0.4) is 0 Å². The van der Waals surface area contributed by atoms with Crippen LogP contribution in [0.1, 0.15) is 79.1 Å². The van der Waals surface area contributed by atoms with Gasteiger partial charge >= 0.3 is 12.1 Å². The van der Waals surface area contributed by atoms with Crippen molar-refractivity contribution in [1.82, 2.24) is 0 Å². The Hall–Kier alpha value is -1.59. The molecule has 0 saturated heterocycles. The molecule has 36 heavy (non-hydrogen) atoms. The van der Waals surface area contributed by atoms with Crippen LogP contribution in [-0.4, -0.2) is 43.0 Å². The monoisotopic (exact) mass is 512 g/mol. The number of rotatable bonds is 6. The predicted octanol–water partition coefficient (Wildman–Crippen LogP) is 5.70. The van der Waals surface area contributed by atoms with Gasteiger partial charge in [-0.25, -0.2) is 4.79 Å². The number of carbonyl (C=O) groups is 2. The molecular weight excluding hydrogens is 473 g/mol. The molecule has 5 nitrogen and oxygen atoms in total. The zero-order chi connectivity index (χ0) is 26.5. The van der Waals surface area contributed by atoms with E-state index in [1.807, 2.05) is 20.8 Å². The lowest BCUT2D eigenvalue weighted by molar-refractivity contribution is -0.223. The van der Waals surface area contributed by atoms with Gasteiger partial charge in [-0.15, -0.1) is 6.42 Å². The van der Waals surface area contributed by atoms with Gasteiger partial charge < -0.3 is 14.2 Å². The molecule has 4 saturated carbocycles. The molecule has 0 heterocycles. The van der Waals surface area contributed by atoms with Crippen LogP contribution in [-0.2, 0) is 23.8 Å². The van der Waals surface area contributed by atoms with E-state index < -0.39 is 29.5 Å².